The van der Waals surface area contributed by atoms with E-state index in [4.69, 9.17) is 0 Å². The van der Waals surface area contributed by atoms with Gasteiger partial charge in [-0.2, -0.15) is 0 Å². The molecule has 0 saturated heterocycles. The van der Waals surface area contributed by atoms with E-state index in [2.05, 4.69) is 243 Å². The number of thiophene rings is 1. The molecule has 2 nitrogen and oxygen atoms in total. The molecule has 9 aromatic rings. The van der Waals surface area contributed by atoms with Crippen molar-refractivity contribution in [2.24, 2.45) is 0 Å². The number of hydrogen-bond acceptors (Lipinski definition) is 3. The molecule has 68 heavy (non-hydrogen) atoms. The summed E-state index contributed by atoms with van der Waals surface area (Å²) in [5, 5.41) is 1.29. The molecule has 0 bridgehead atoms. The molecule has 334 valence electrons. The average Bonchev–Trinajstić information content (AvgIpc) is 3.90. The third kappa shape index (κ3) is 5.69. The highest BCUT2D eigenvalue weighted by molar-refractivity contribution is 7.20. The van der Waals surface area contributed by atoms with Gasteiger partial charge in [-0.1, -0.05) is 178 Å². The third-order valence-corrected chi connectivity index (χ3v) is 17.3. The molecule has 2 aliphatic carbocycles. The molecule has 1 atom stereocenters. The fourth-order valence-corrected chi connectivity index (χ4v) is 13.8. The molecule has 1 aromatic heterocycles. The molecule has 13 rings (SSSR count). The highest BCUT2D eigenvalue weighted by Crippen LogP contribution is 2.68. The summed E-state index contributed by atoms with van der Waals surface area (Å²) in [6.45, 7) is 23.7. The van der Waals surface area contributed by atoms with Crippen LogP contribution in [0.4, 0.5) is 28.4 Å². The zero-order valence-electron chi connectivity index (χ0n) is 41.0. The first-order chi connectivity index (χ1) is 32.5. The number of hydrogen-bond donors (Lipinski definition) is 0. The number of fused-ring (bicyclic) bond motifs is 13. The minimum absolute atomic E-state index is 0.0264. The molecule has 0 spiro atoms. The average molecular weight is 899 g/mol. The highest BCUT2D eigenvalue weighted by Gasteiger charge is 2.50. The summed E-state index contributed by atoms with van der Waals surface area (Å²) in [6, 6.07) is 63.3. The van der Waals surface area contributed by atoms with Crippen LogP contribution in [0.1, 0.15) is 119 Å². The molecule has 3 heterocycles. The highest BCUT2D eigenvalue weighted by atomic mass is 32.1. The number of anilines is 5. The number of nitrogens with zero attached hydrogens (tertiary/aromatic N) is 2. The molecular formula is C65H58N2S. The Morgan fingerprint density at radius 2 is 1.06 bits per heavy atom. The largest absolute Gasteiger partial charge is 0.328 e. The SMILES string of the molecule is CC(C)(C)c1ccc(N2c3cc4c(c5c3C(c3sc6ccc(-c7ccccc7)cc6c32)N(c2ccc(C(C)(C)C)cc2)c2cc3c(cc2-5)-c2ccccc2C3(C)C)C(C)(C)c2ccccc2-4)cc1. The molecule has 3 heteroatoms. The summed E-state index contributed by atoms with van der Waals surface area (Å²) in [7, 11) is 0. The second-order valence-electron chi connectivity index (χ2n) is 23.0. The van der Waals surface area contributed by atoms with Crippen LogP contribution in [0.25, 0.3) is 54.6 Å². The van der Waals surface area contributed by atoms with Crippen LogP contribution in [0.15, 0.2) is 164 Å². The maximum atomic E-state index is 2.75. The van der Waals surface area contributed by atoms with Crippen molar-refractivity contribution in [3.63, 3.8) is 0 Å². The monoisotopic (exact) mass is 898 g/mol. The van der Waals surface area contributed by atoms with Crippen LogP contribution in [0, 0.1) is 0 Å². The van der Waals surface area contributed by atoms with Gasteiger partial charge in [0.15, 0.2) is 0 Å². The van der Waals surface area contributed by atoms with Gasteiger partial charge >= 0.3 is 0 Å². The molecule has 4 aliphatic rings. The molecule has 0 N–H and O–H groups in total. The van der Waals surface area contributed by atoms with Gasteiger partial charge in [0.1, 0.15) is 0 Å². The molecule has 0 radical (unpaired) electrons. The van der Waals surface area contributed by atoms with E-state index in [1.54, 1.807) is 0 Å². The van der Waals surface area contributed by atoms with E-state index in [0.717, 1.165) is 0 Å². The topological polar surface area (TPSA) is 6.48 Å². The smallest absolute Gasteiger partial charge is 0.0984 e. The van der Waals surface area contributed by atoms with E-state index in [-0.39, 0.29) is 27.7 Å². The second kappa shape index (κ2) is 14.0. The van der Waals surface area contributed by atoms with Crippen LogP contribution in [0.3, 0.4) is 0 Å². The standard InChI is InChI=1S/C65H58N2S/c1-62(2,3)40-25-29-42(30-26-40)66-53-37-52-46(44-20-14-16-22-50(44)64(52,7)8)35-48(53)56-57-54(36-47-45-21-15-17-23-51(45)65(9,10)58(47)56)67(43-31-27-41(28-32-43)63(4,5)6)59-49-34-39(38-18-12-11-13-19-38)24-33-55(49)68-61(59)60(57)66/h11-37,60H,1-10H3. The Hall–Kier alpha value is -6.68. The van der Waals surface area contributed by atoms with Crippen molar-refractivity contribution in [2.75, 3.05) is 9.80 Å². The van der Waals surface area contributed by atoms with Crippen molar-refractivity contribution in [2.45, 2.75) is 96.9 Å². The minimum Gasteiger partial charge on any atom is -0.328 e. The van der Waals surface area contributed by atoms with Crippen LogP contribution in [-0.2, 0) is 21.7 Å². The van der Waals surface area contributed by atoms with Gasteiger partial charge < -0.3 is 9.80 Å². The Labute approximate surface area is 406 Å². The van der Waals surface area contributed by atoms with Crippen LogP contribution >= 0.6 is 11.3 Å². The maximum Gasteiger partial charge on any atom is 0.0984 e. The number of benzene rings is 8. The first-order valence-electron chi connectivity index (χ1n) is 24.5. The lowest BCUT2D eigenvalue weighted by Crippen LogP contribution is -2.35. The third-order valence-electron chi connectivity index (χ3n) is 16.1. The molecule has 0 fully saturated rings. The van der Waals surface area contributed by atoms with Crippen molar-refractivity contribution < 1.29 is 0 Å². The van der Waals surface area contributed by atoms with Gasteiger partial charge in [-0.25, -0.2) is 0 Å². The van der Waals surface area contributed by atoms with Gasteiger partial charge in [0.05, 0.1) is 28.0 Å². The molecule has 1 unspecified atom stereocenters. The van der Waals surface area contributed by atoms with Gasteiger partial charge in [-0.15, -0.1) is 11.3 Å². The zero-order chi connectivity index (χ0) is 46.8. The summed E-state index contributed by atoms with van der Waals surface area (Å²) < 4.78 is 1.30. The lowest BCUT2D eigenvalue weighted by atomic mass is 9.72. The van der Waals surface area contributed by atoms with Gasteiger partial charge in [0, 0.05) is 43.4 Å². The van der Waals surface area contributed by atoms with Gasteiger partial charge in [0.2, 0.25) is 0 Å². The normalized spacial score (nSPS) is 16.7. The predicted octanol–water partition coefficient (Wildman–Crippen LogP) is 18.5. The van der Waals surface area contributed by atoms with E-state index in [0.29, 0.717) is 0 Å². The molecule has 0 saturated carbocycles. The molecule has 0 amide bonds. The Morgan fingerprint density at radius 3 is 1.71 bits per heavy atom. The quantitative estimate of drug-likeness (QED) is 0.174. The summed E-state index contributed by atoms with van der Waals surface area (Å²) in [6.07, 6.45) is 0. The van der Waals surface area contributed by atoms with E-state index >= 15 is 0 Å². The lowest BCUT2D eigenvalue weighted by molar-refractivity contribution is 0.590. The fourth-order valence-electron chi connectivity index (χ4n) is 12.6. The Bertz CT molecular complexity index is 3570. The van der Waals surface area contributed by atoms with Crippen molar-refractivity contribution >= 4 is 49.9 Å². The van der Waals surface area contributed by atoms with E-state index < -0.39 is 0 Å². The first-order valence-corrected chi connectivity index (χ1v) is 25.4. The second-order valence-corrected chi connectivity index (χ2v) is 24.0. The molecule has 8 aromatic carbocycles. The van der Waals surface area contributed by atoms with Crippen LogP contribution < -0.4 is 9.80 Å². The minimum atomic E-state index is -0.241. The van der Waals surface area contributed by atoms with E-state index in [1.165, 1.54) is 127 Å². The fraction of sp³-hybridized carbons (Fsp3) is 0.231. The van der Waals surface area contributed by atoms with Crippen LogP contribution in [0.2, 0.25) is 0 Å². The van der Waals surface area contributed by atoms with Gasteiger partial charge in [0.25, 0.3) is 0 Å². The van der Waals surface area contributed by atoms with Crippen molar-refractivity contribution in [1.29, 1.82) is 0 Å². The van der Waals surface area contributed by atoms with Gasteiger partial charge in [-0.3, -0.25) is 0 Å². The lowest BCUT2D eigenvalue weighted by Gasteiger charge is -2.48. The van der Waals surface area contributed by atoms with Crippen molar-refractivity contribution in [1.82, 2.24) is 0 Å². The Balaban J connectivity index is 1.20. The van der Waals surface area contributed by atoms with Crippen molar-refractivity contribution in [3.05, 3.63) is 208 Å². The van der Waals surface area contributed by atoms with Crippen LogP contribution in [-0.4, -0.2) is 0 Å². The van der Waals surface area contributed by atoms with Crippen molar-refractivity contribution in [3.8, 4) is 44.5 Å². The maximum absolute atomic E-state index is 2.75. The molecular weight excluding hydrogens is 841 g/mol. The first kappa shape index (κ1) is 41.5. The van der Waals surface area contributed by atoms with E-state index in [1.807, 2.05) is 11.3 Å². The van der Waals surface area contributed by atoms with Gasteiger partial charge in [-0.05, 0) is 138 Å². The number of rotatable bonds is 3. The summed E-state index contributed by atoms with van der Waals surface area (Å²) in [5.74, 6) is 0. The predicted molar refractivity (Wildman–Crippen MR) is 290 cm³/mol. The molecule has 2 aliphatic heterocycles. The van der Waals surface area contributed by atoms with E-state index in [9.17, 15) is 0 Å². The summed E-state index contributed by atoms with van der Waals surface area (Å²) in [5.41, 5.74) is 26.2. The zero-order valence-corrected chi connectivity index (χ0v) is 41.8. The Kier molecular flexibility index (Phi) is 8.52. The Morgan fingerprint density at radius 1 is 0.471 bits per heavy atom. The van der Waals surface area contributed by atoms with Crippen LogP contribution in [0.5, 0.6) is 0 Å². The summed E-state index contributed by atoms with van der Waals surface area (Å²) >= 11 is 1.98. The summed E-state index contributed by atoms with van der Waals surface area (Å²) in [4.78, 5) is 6.79.